The highest BCUT2D eigenvalue weighted by Crippen LogP contribution is 2.53. The van der Waals surface area contributed by atoms with Crippen LogP contribution in [-0.4, -0.2) is 4.98 Å². The maximum Gasteiger partial charge on any atom is 0.0513 e. The van der Waals surface area contributed by atoms with Crippen molar-refractivity contribution in [2.24, 2.45) is 0 Å². The summed E-state index contributed by atoms with van der Waals surface area (Å²) in [7, 11) is 0. The van der Waals surface area contributed by atoms with Gasteiger partial charge in [0.25, 0.3) is 0 Å². The van der Waals surface area contributed by atoms with Crippen molar-refractivity contribution in [3.05, 3.63) is 93.5 Å². The maximum absolute atomic E-state index is 6.64. The highest BCUT2D eigenvalue weighted by molar-refractivity contribution is 6.31. The van der Waals surface area contributed by atoms with E-state index in [1.807, 2.05) is 12.1 Å². The number of rotatable bonds is 1. The summed E-state index contributed by atoms with van der Waals surface area (Å²) in [5.74, 6) is 0.176. The second kappa shape index (κ2) is 5.24. The van der Waals surface area contributed by atoms with E-state index in [2.05, 4.69) is 67.4 Å². The van der Waals surface area contributed by atoms with Crippen LogP contribution in [-0.2, 0) is 0 Å². The minimum Gasteiger partial charge on any atom is -0.354 e. The highest BCUT2D eigenvalue weighted by Gasteiger charge is 2.36. The van der Waals surface area contributed by atoms with Crippen molar-refractivity contribution in [3.63, 3.8) is 0 Å². The van der Waals surface area contributed by atoms with E-state index in [-0.39, 0.29) is 5.92 Å². The molecule has 0 aliphatic heterocycles. The second-order valence-electron chi connectivity index (χ2n) is 6.90. The van der Waals surface area contributed by atoms with Crippen LogP contribution in [0, 0.1) is 13.8 Å². The minimum atomic E-state index is 0.176. The molecule has 1 atom stereocenters. The monoisotopic (exact) mass is 343 g/mol. The molecule has 0 amide bonds. The van der Waals surface area contributed by atoms with Crippen LogP contribution >= 0.6 is 11.6 Å². The quantitative estimate of drug-likeness (QED) is 0.353. The SMILES string of the molecule is Cc1ccc(C)c2c1-c1[nH]c3ccccc3c1C2c1ccccc1Cl. The highest BCUT2D eigenvalue weighted by atomic mass is 35.5. The predicted octanol–water partition coefficient (Wildman–Crippen LogP) is 6.60. The molecule has 4 aromatic rings. The van der Waals surface area contributed by atoms with E-state index in [0.717, 1.165) is 5.02 Å². The number of nitrogens with one attached hydrogen (secondary N) is 1. The van der Waals surface area contributed by atoms with E-state index < -0.39 is 0 Å². The number of halogens is 1. The van der Waals surface area contributed by atoms with Gasteiger partial charge < -0.3 is 4.98 Å². The lowest BCUT2D eigenvalue weighted by Gasteiger charge is -2.18. The Hall–Kier alpha value is -2.51. The van der Waals surface area contributed by atoms with E-state index in [4.69, 9.17) is 11.6 Å². The smallest absolute Gasteiger partial charge is 0.0513 e. The lowest BCUT2D eigenvalue weighted by Crippen LogP contribution is -2.02. The summed E-state index contributed by atoms with van der Waals surface area (Å²) in [4.78, 5) is 3.68. The molecule has 1 unspecified atom stereocenters. The molecule has 1 heterocycles. The first kappa shape index (κ1) is 14.8. The van der Waals surface area contributed by atoms with Crippen LogP contribution in [0.2, 0.25) is 5.02 Å². The number of fused-ring (bicyclic) bond motifs is 5. The molecule has 3 aromatic carbocycles. The van der Waals surface area contributed by atoms with Crippen LogP contribution in [0.1, 0.15) is 33.7 Å². The Labute approximate surface area is 152 Å². The zero-order chi connectivity index (χ0) is 17.1. The largest absolute Gasteiger partial charge is 0.354 e. The third kappa shape index (κ3) is 1.96. The van der Waals surface area contributed by atoms with Crippen molar-refractivity contribution in [3.8, 4) is 11.3 Å². The first-order valence-corrected chi connectivity index (χ1v) is 9.00. The summed E-state index contributed by atoms with van der Waals surface area (Å²) >= 11 is 6.64. The van der Waals surface area contributed by atoms with Gasteiger partial charge in [-0.3, -0.25) is 0 Å². The van der Waals surface area contributed by atoms with Gasteiger partial charge in [0.1, 0.15) is 0 Å². The Morgan fingerprint density at radius 3 is 2.36 bits per heavy atom. The van der Waals surface area contributed by atoms with Gasteiger partial charge in [0.2, 0.25) is 0 Å². The standard InChI is InChI=1S/C23H18ClN/c1-13-11-12-14(2)20-19(13)21(15-7-3-5-9-17(15)24)22-16-8-4-6-10-18(16)25-23(20)22/h3-12,21,25H,1-2H3. The fraction of sp³-hybridized carbons (Fsp3) is 0.130. The lowest BCUT2D eigenvalue weighted by atomic mass is 9.85. The molecular weight excluding hydrogens is 326 g/mol. The van der Waals surface area contributed by atoms with Crippen LogP contribution in [0.4, 0.5) is 0 Å². The Morgan fingerprint density at radius 1 is 0.800 bits per heavy atom. The van der Waals surface area contributed by atoms with Gasteiger partial charge in [0.05, 0.1) is 5.69 Å². The summed E-state index contributed by atoms with van der Waals surface area (Å²) in [5, 5.41) is 2.12. The summed E-state index contributed by atoms with van der Waals surface area (Å²) in [6, 6.07) is 21.3. The van der Waals surface area contributed by atoms with E-state index in [0.29, 0.717) is 0 Å². The molecule has 0 fully saturated rings. The fourth-order valence-corrected chi connectivity index (χ4v) is 4.61. The molecule has 5 rings (SSSR count). The fourth-order valence-electron chi connectivity index (χ4n) is 4.36. The molecule has 1 aliphatic carbocycles. The molecule has 0 bridgehead atoms. The predicted molar refractivity (Wildman–Crippen MR) is 106 cm³/mol. The number of hydrogen-bond acceptors (Lipinski definition) is 0. The van der Waals surface area contributed by atoms with Gasteiger partial charge >= 0.3 is 0 Å². The zero-order valence-electron chi connectivity index (χ0n) is 14.2. The number of aromatic nitrogens is 1. The number of aromatic amines is 1. The average Bonchev–Trinajstić information content (AvgIpc) is 3.14. The third-order valence-corrected chi connectivity index (χ3v) is 5.81. The third-order valence-electron chi connectivity index (χ3n) is 5.46. The van der Waals surface area contributed by atoms with Gasteiger partial charge in [-0.25, -0.2) is 0 Å². The molecular formula is C23H18ClN. The second-order valence-corrected chi connectivity index (χ2v) is 7.31. The molecule has 25 heavy (non-hydrogen) atoms. The summed E-state index contributed by atoms with van der Waals surface area (Å²) in [6.45, 7) is 4.40. The Kier molecular flexibility index (Phi) is 3.10. The minimum absolute atomic E-state index is 0.176. The molecule has 1 N–H and O–H groups in total. The van der Waals surface area contributed by atoms with Crippen molar-refractivity contribution in [2.45, 2.75) is 19.8 Å². The number of benzene rings is 3. The number of aryl methyl sites for hydroxylation is 2. The van der Waals surface area contributed by atoms with Crippen LogP contribution < -0.4 is 0 Å². The first-order chi connectivity index (χ1) is 12.2. The van der Waals surface area contributed by atoms with Gasteiger partial charge in [-0.15, -0.1) is 0 Å². The van der Waals surface area contributed by atoms with Gasteiger partial charge in [0, 0.05) is 27.4 Å². The van der Waals surface area contributed by atoms with Crippen molar-refractivity contribution >= 4 is 22.5 Å². The van der Waals surface area contributed by atoms with E-state index in [1.165, 1.54) is 50.0 Å². The van der Waals surface area contributed by atoms with Crippen LogP contribution in [0.5, 0.6) is 0 Å². The number of para-hydroxylation sites is 1. The summed E-state index contributed by atoms with van der Waals surface area (Å²) < 4.78 is 0. The van der Waals surface area contributed by atoms with Crippen LogP contribution in [0.25, 0.3) is 22.2 Å². The van der Waals surface area contributed by atoms with Crippen molar-refractivity contribution in [1.82, 2.24) is 4.98 Å². The molecule has 2 heteroatoms. The van der Waals surface area contributed by atoms with Crippen LogP contribution in [0.3, 0.4) is 0 Å². The van der Waals surface area contributed by atoms with E-state index >= 15 is 0 Å². The Bertz CT molecular complexity index is 1140. The molecule has 0 radical (unpaired) electrons. The van der Waals surface area contributed by atoms with Crippen LogP contribution in [0.15, 0.2) is 60.7 Å². The zero-order valence-corrected chi connectivity index (χ0v) is 15.0. The molecule has 122 valence electrons. The Morgan fingerprint density at radius 2 is 1.52 bits per heavy atom. The van der Waals surface area contributed by atoms with Gasteiger partial charge in [-0.2, -0.15) is 0 Å². The maximum atomic E-state index is 6.64. The normalized spacial score (nSPS) is 15.4. The first-order valence-electron chi connectivity index (χ1n) is 8.62. The molecule has 0 saturated heterocycles. The average molecular weight is 344 g/mol. The number of H-pyrrole nitrogens is 1. The summed E-state index contributed by atoms with van der Waals surface area (Å²) in [5.41, 5.74) is 10.3. The van der Waals surface area contributed by atoms with Crippen molar-refractivity contribution in [1.29, 1.82) is 0 Å². The van der Waals surface area contributed by atoms with Gasteiger partial charge in [0.15, 0.2) is 0 Å². The Balaban J connectivity index is 1.95. The van der Waals surface area contributed by atoms with E-state index in [1.54, 1.807) is 0 Å². The number of hydrogen-bond donors (Lipinski definition) is 1. The van der Waals surface area contributed by atoms with Gasteiger partial charge in [-0.05, 0) is 53.8 Å². The van der Waals surface area contributed by atoms with E-state index in [9.17, 15) is 0 Å². The molecule has 0 saturated carbocycles. The molecule has 0 spiro atoms. The summed E-state index contributed by atoms with van der Waals surface area (Å²) in [6.07, 6.45) is 0. The van der Waals surface area contributed by atoms with Crippen molar-refractivity contribution < 1.29 is 0 Å². The van der Waals surface area contributed by atoms with Crippen molar-refractivity contribution in [2.75, 3.05) is 0 Å². The topological polar surface area (TPSA) is 15.8 Å². The molecule has 1 aromatic heterocycles. The van der Waals surface area contributed by atoms with Gasteiger partial charge in [-0.1, -0.05) is 60.1 Å². The molecule has 1 aliphatic rings. The molecule has 1 nitrogen and oxygen atoms in total. The lowest BCUT2D eigenvalue weighted by molar-refractivity contribution is 1.01.